The van der Waals surface area contributed by atoms with Crippen LogP contribution in [-0.4, -0.2) is 53.1 Å². The predicted molar refractivity (Wildman–Crippen MR) is 111 cm³/mol. The van der Waals surface area contributed by atoms with Gasteiger partial charge in [0, 0.05) is 44.4 Å². The quantitative estimate of drug-likeness (QED) is 0.607. The number of rotatable bonds is 6. The first-order chi connectivity index (χ1) is 13.6. The van der Waals surface area contributed by atoms with E-state index >= 15 is 0 Å². The third-order valence-corrected chi connectivity index (χ3v) is 5.59. The van der Waals surface area contributed by atoms with Gasteiger partial charge in [-0.3, -0.25) is 9.59 Å². The summed E-state index contributed by atoms with van der Waals surface area (Å²) in [7, 11) is 0. The van der Waals surface area contributed by atoms with Crippen LogP contribution in [-0.2, 0) is 6.42 Å². The van der Waals surface area contributed by atoms with Crippen LogP contribution in [0.1, 0.15) is 22.8 Å². The molecule has 1 aliphatic heterocycles. The molecule has 0 radical (unpaired) electrons. The molecule has 0 unspecified atom stereocenters. The molecule has 1 saturated heterocycles. The van der Waals surface area contributed by atoms with Crippen molar-refractivity contribution in [2.45, 2.75) is 13.3 Å². The first kappa shape index (κ1) is 18.6. The Morgan fingerprint density at radius 2 is 2.00 bits per heavy atom. The number of nitrogens with zero attached hydrogens (tertiary/aromatic N) is 4. The second-order valence-corrected chi connectivity index (χ2v) is 7.68. The Balaban J connectivity index is 1.43. The molecule has 0 saturated carbocycles. The lowest BCUT2D eigenvalue weighted by molar-refractivity contribution is 0.101. The van der Waals surface area contributed by atoms with Gasteiger partial charge in [-0.25, -0.2) is 4.98 Å². The molecule has 0 spiro atoms. The van der Waals surface area contributed by atoms with E-state index in [2.05, 4.69) is 25.6 Å². The van der Waals surface area contributed by atoms with Crippen molar-refractivity contribution in [1.29, 1.82) is 0 Å². The third-order valence-electron chi connectivity index (χ3n) is 4.72. The lowest BCUT2D eigenvalue weighted by atomic mass is 10.1. The number of nitrogens with one attached hydrogen (secondary N) is 2. The van der Waals surface area contributed by atoms with Crippen LogP contribution in [0.15, 0.2) is 35.1 Å². The van der Waals surface area contributed by atoms with E-state index in [0.717, 1.165) is 38.2 Å². The van der Waals surface area contributed by atoms with E-state index in [1.54, 1.807) is 13.0 Å². The highest BCUT2D eigenvalue weighted by Gasteiger charge is 2.15. The summed E-state index contributed by atoms with van der Waals surface area (Å²) in [6.07, 6.45) is 0.794. The van der Waals surface area contributed by atoms with E-state index < -0.39 is 0 Å². The summed E-state index contributed by atoms with van der Waals surface area (Å²) < 4.78 is 1.35. The van der Waals surface area contributed by atoms with Gasteiger partial charge < -0.3 is 15.5 Å². The van der Waals surface area contributed by atoms with Crippen LogP contribution in [0.3, 0.4) is 0 Å². The largest absolute Gasteiger partial charge is 0.360 e. The Hall–Kier alpha value is -2.78. The molecule has 9 heteroatoms. The van der Waals surface area contributed by atoms with Gasteiger partial charge in [-0.1, -0.05) is 35.6 Å². The molecular formula is C19H22N6O2S. The van der Waals surface area contributed by atoms with Crippen LogP contribution in [0.25, 0.3) is 4.96 Å². The second kappa shape index (κ2) is 8.07. The number of fused-ring (bicyclic) bond motifs is 1. The van der Waals surface area contributed by atoms with Crippen LogP contribution in [0, 0.1) is 0 Å². The summed E-state index contributed by atoms with van der Waals surface area (Å²) in [5, 5.41) is 11.6. The zero-order valence-corrected chi connectivity index (χ0v) is 16.5. The summed E-state index contributed by atoms with van der Waals surface area (Å²) in [4.78, 5) is 31.1. The molecule has 3 heterocycles. The number of hydrogen-bond donors (Lipinski definition) is 2. The Morgan fingerprint density at radius 1 is 1.25 bits per heavy atom. The van der Waals surface area contributed by atoms with Crippen molar-refractivity contribution in [3.05, 3.63) is 51.8 Å². The number of hydrogen-bond acceptors (Lipinski definition) is 8. The molecule has 0 amide bonds. The van der Waals surface area contributed by atoms with Gasteiger partial charge in [0.15, 0.2) is 5.78 Å². The summed E-state index contributed by atoms with van der Waals surface area (Å²) in [5.41, 5.74) is 1.69. The molecule has 146 valence electrons. The normalized spacial score (nSPS) is 14.4. The van der Waals surface area contributed by atoms with Crippen LogP contribution in [0.2, 0.25) is 0 Å². The summed E-state index contributed by atoms with van der Waals surface area (Å²) >= 11 is 1.37. The number of benzene rings is 1. The van der Waals surface area contributed by atoms with Gasteiger partial charge in [0.25, 0.3) is 5.56 Å². The van der Waals surface area contributed by atoms with Gasteiger partial charge in [-0.05, 0) is 18.9 Å². The molecule has 3 aromatic rings. The van der Waals surface area contributed by atoms with E-state index in [4.69, 9.17) is 0 Å². The van der Waals surface area contributed by atoms with Gasteiger partial charge >= 0.3 is 0 Å². The Kier molecular flexibility index (Phi) is 5.36. The SMILES string of the molecule is CC(=O)c1ccc(CCNc2nn3c(=O)cc(N4CCNCC4)nc3s2)cc1. The van der Waals surface area contributed by atoms with E-state index in [9.17, 15) is 9.59 Å². The Morgan fingerprint density at radius 3 is 2.71 bits per heavy atom. The van der Waals surface area contributed by atoms with Gasteiger partial charge in [0.2, 0.25) is 10.1 Å². The van der Waals surface area contributed by atoms with Crippen molar-refractivity contribution >= 4 is 33.0 Å². The molecule has 0 bridgehead atoms. The molecule has 2 N–H and O–H groups in total. The predicted octanol–water partition coefficient (Wildman–Crippen LogP) is 1.42. The molecule has 1 aliphatic rings. The number of carbonyl (C=O) groups excluding carboxylic acids is 1. The second-order valence-electron chi connectivity index (χ2n) is 6.72. The minimum absolute atomic E-state index is 0.0669. The minimum atomic E-state index is -0.164. The summed E-state index contributed by atoms with van der Waals surface area (Å²) in [6.45, 7) is 5.71. The molecule has 8 nitrogen and oxygen atoms in total. The average molecular weight is 398 g/mol. The molecule has 0 atom stereocenters. The number of anilines is 2. The number of piperazine rings is 1. The maximum Gasteiger partial charge on any atom is 0.277 e. The fraction of sp³-hybridized carbons (Fsp3) is 0.368. The van der Waals surface area contributed by atoms with Crippen molar-refractivity contribution in [3.8, 4) is 0 Å². The molecule has 0 aliphatic carbocycles. The van der Waals surface area contributed by atoms with Gasteiger partial charge in [0.1, 0.15) is 5.82 Å². The lowest BCUT2D eigenvalue weighted by Crippen LogP contribution is -2.44. The Bertz CT molecular complexity index is 1040. The molecule has 1 fully saturated rings. The third kappa shape index (κ3) is 4.05. The van der Waals surface area contributed by atoms with Gasteiger partial charge in [-0.15, -0.1) is 5.10 Å². The fourth-order valence-electron chi connectivity index (χ4n) is 3.15. The monoisotopic (exact) mass is 398 g/mol. The zero-order valence-electron chi connectivity index (χ0n) is 15.6. The van der Waals surface area contributed by atoms with E-state index in [0.29, 0.717) is 28.0 Å². The van der Waals surface area contributed by atoms with Gasteiger partial charge in [-0.2, -0.15) is 4.52 Å². The summed E-state index contributed by atoms with van der Waals surface area (Å²) in [6, 6.07) is 9.16. The lowest BCUT2D eigenvalue weighted by Gasteiger charge is -2.27. The minimum Gasteiger partial charge on any atom is -0.360 e. The number of ketones is 1. The first-order valence-corrected chi connectivity index (χ1v) is 10.1. The van der Waals surface area contributed by atoms with Crippen molar-refractivity contribution in [1.82, 2.24) is 19.9 Å². The van der Waals surface area contributed by atoms with Crippen LogP contribution < -0.4 is 21.1 Å². The van der Waals surface area contributed by atoms with E-state index in [-0.39, 0.29) is 11.3 Å². The zero-order chi connectivity index (χ0) is 19.5. The molecule has 28 heavy (non-hydrogen) atoms. The Labute approximate surface area is 166 Å². The molecule has 4 rings (SSSR count). The van der Waals surface area contributed by atoms with Crippen molar-refractivity contribution in [3.63, 3.8) is 0 Å². The average Bonchev–Trinajstić information content (AvgIpc) is 3.12. The fourth-order valence-corrected chi connectivity index (χ4v) is 3.97. The first-order valence-electron chi connectivity index (χ1n) is 9.30. The topological polar surface area (TPSA) is 91.6 Å². The number of Topliss-reactive ketones (excluding diaryl/α,β-unsaturated/α-hetero) is 1. The van der Waals surface area contributed by atoms with Crippen LogP contribution >= 0.6 is 11.3 Å². The summed E-state index contributed by atoms with van der Waals surface area (Å²) in [5.74, 6) is 0.782. The number of carbonyl (C=O) groups is 1. The van der Waals surface area contributed by atoms with Crippen molar-refractivity contribution < 1.29 is 4.79 Å². The highest BCUT2D eigenvalue weighted by atomic mass is 32.1. The van der Waals surface area contributed by atoms with Crippen molar-refractivity contribution in [2.24, 2.45) is 0 Å². The van der Waals surface area contributed by atoms with Crippen LogP contribution in [0.5, 0.6) is 0 Å². The molecule has 1 aromatic carbocycles. The number of aromatic nitrogens is 3. The maximum atomic E-state index is 12.4. The molecule has 2 aromatic heterocycles. The standard InChI is InChI=1S/C19H22N6O2S/c1-13(26)15-4-2-14(3-5-15)6-7-21-18-23-25-17(27)12-16(22-19(25)28-18)24-10-8-20-9-11-24/h2-5,12,20H,6-11H2,1H3,(H,21,23). The highest BCUT2D eigenvalue weighted by molar-refractivity contribution is 7.20. The van der Waals surface area contributed by atoms with E-state index in [1.165, 1.54) is 15.9 Å². The smallest absolute Gasteiger partial charge is 0.277 e. The van der Waals surface area contributed by atoms with E-state index in [1.807, 2.05) is 24.3 Å². The van der Waals surface area contributed by atoms with Gasteiger partial charge in [0.05, 0.1) is 0 Å². The molecular weight excluding hydrogens is 376 g/mol. The van der Waals surface area contributed by atoms with Crippen molar-refractivity contribution in [2.75, 3.05) is 42.9 Å². The maximum absolute atomic E-state index is 12.4. The highest BCUT2D eigenvalue weighted by Crippen LogP contribution is 2.19. The van der Waals surface area contributed by atoms with Crippen LogP contribution in [0.4, 0.5) is 10.9 Å².